The number of amides is 2. The SMILES string of the molecule is CC(F)(F)C[C@H](NC(=O)C1CC12CCC2)C(=O)NC1(N)CC1. The first-order valence-electron chi connectivity index (χ1n) is 7.92. The number of alkyl halides is 2. The summed E-state index contributed by atoms with van der Waals surface area (Å²) >= 11 is 0. The average molecular weight is 315 g/mol. The Morgan fingerprint density at radius 1 is 1.32 bits per heavy atom. The predicted molar refractivity (Wildman–Crippen MR) is 75.9 cm³/mol. The Morgan fingerprint density at radius 3 is 2.36 bits per heavy atom. The van der Waals surface area contributed by atoms with Crippen LogP contribution < -0.4 is 16.4 Å². The summed E-state index contributed by atoms with van der Waals surface area (Å²) in [4.78, 5) is 24.4. The van der Waals surface area contributed by atoms with Crippen molar-refractivity contribution in [3.8, 4) is 0 Å². The van der Waals surface area contributed by atoms with E-state index in [0.717, 1.165) is 32.6 Å². The van der Waals surface area contributed by atoms with Crippen LogP contribution in [0.4, 0.5) is 8.78 Å². The zero-order valence-corrected chi connectivity index (χ0v) is 12.8. The molecule has 0 radical (unpaired) electrons. The fourth-order valence-electron chi connectivity index (χ4n) is 3.33. The Balaban J connectivity index is 1.60. The van der Waals surface area contributed by atoms with Crippen molar-refractivity contribution in [2.24, 2.45) is 17.1 Å². The van der Waals surface area contributed by atoms with Crippen LogP contribution in [0, 0.1) is 11.3 Å². The Morgan fingerprint density at radius 2 is 1.95 bits per heavy atom. The Hall–Kier alpha value is -1.24. The van der Waals surface area contributed by atoms with Gasteiger partial charge >= 0.3 is 0 Å². The van der Waals surface area contributed by atoms with Crippen molar-refractivity contribution in [3.63, 3.8) is 0 Å². The molecule has 3 aliphatic rings. The van der Waals surface area contributed by atoms with Gasteiger partial charge in [-0.25, -0.2) is 8.78 Å². The summed E-state index contributed by atoms with van der Waals surface area (Å²) in [6, 6.07) is -1.23. The van der Waals surface area contributed by atoms with Crippen LogP contribution in [0.5, 0.6) is 0 Å². The van der Waals surface area contributed by atoms with Gasteiger partial charge in [-0.2, -0.15) is 0 Å². The van der Waals surface area contributed by atoms with Gasteiger partial charge in [0, 0.05) is 12.3 Å². The lowest BCUT2D eigenvalue weighted by molar-refractivity contribution is -0.133. The highest BCUT2D eigenvalue weighted by atomic mass is 19.3. The number of carbonyl (C=O) groups is 2. The molecule has 3 fully saturated rings. The van der Waals surface area contributed by atoms with Gasteiger partial charge in [0.1, 0.15) is 6.04 Å². The molecule has 5 nitrogen and oxygen atoms in total. The highest BCUT2D eigenvalue weighted by Crippen LogP contribution is 2.65. The van der Waals surface area contributed by atoms with Gasteiger partial charge in [0.15, 0.2) is 0 Å². The van der Waals surface area contributed by atoms with Crippen LogP contribution in [0.2, 0.25) is 0 Å². The summed E-state index contributed by atoms with van der Waals surface area (Å²) in [5.74, 6) is -4.03. The number of nitrogens with two attached hydrogens (primary N) is 1. The molecule has 4 N–H and O–H groups in total. The van der Waals surface area contributed by atoms with E-state index in [1.807, 2.05) is 0 Å². The second kappa shape index (κ2) is 4.88. The molecular weight excluding hydrogens is 292 g/mol. The van der Waals surface area contributed by atoms with E-state index in [2.05, 4.69) is 10.6 Å². The molecule has 0 aromatic rings. The van der Waals surface area contributed by atoms with Gasteiger partial charge in [0.2, 0.25) is 17.7 Å². The molecular formula is C15H23F2N3O2. The van der Waals surface area contributed by atoms with Crippen molar-refractivity contribution in [2.45, 2.75) is 69.5 Å². The molecule has 0 bridgehead atoms. The quantitative estimate of drug-likeness (QED) is 0.645. The smallest absolute Gasteiger partial charge is 0.247 e. The van der Waals surface area contributed by atoms with Crippen molar-refractivity contribution in [2.75, 3.05) is 0 Å². The molecule has 0 aromatic heterocycles. The lowest BCUT2D eigenvalue weighted by Gasteiger charge is -2.27. The third-order valence-corrected chi connectivity index (χ3v) is 5.21. The predicted octanol–water partition coefficient (Wildman–Crippen LogP) is 1.27. The van der Waals surface area contributed by atoms with Crippen LogP contribution >= 0.6 is 0 Å². The van der Waals surface area contributed by atoms with E-state index >= 15 is 0 Å². The highest BCUT2D eigenvalue weighted by Gasteiger charge is 2.61. The maximum Gasteiger partial charge on any atom is 0.247 e. The molecule has 2 amide bonds. The molecule has 3 rings (SSSR count). The summed E-state index contributed by atoms with van der Waals surface area (Å²) in [5.41, 5.74) is 5.12. The van der Waals surface area contributed by atoms with E-state index in [-0.39, 0.29) is 17.2 Å². The Labute approximate surface area is 128 Å². The molecule has 1 unspecified atom stereocenters. The van der Waals surface area contributed by atoms with Crippen LogP contribution in [0.1, 0.15) is 51.9 Å². The van der Waals surface area contributed by atoms with Crippen LogP contribution in [0.15, 0.2) is 0 Å². The first-order valence-corrected chi connectivity index (χ1v) is 7.92. The Kier molecular flexibility index (Phi) is 3.47. The lowest BCUT2D eigenvalue weighted by atomic mass is 9.79. The third-order valence-electron chi connectivity index (χ3n) is 5.21. The van der Waals surface area contributed by atoms with Gasteiger partial charge in [0.25, 0.3) is 0 Å². The number of carbonyl (C=O) groups excluding carboxylic acids is 2. The van der Waals surface area contributed by atoms with Gasteiger partial charge in [-0.3, -0.25) is 9.59 Å². The number of hydrogen-bond donors (Lipinski definition) is 3. The second-order valence-corrected chi connectivity index (χ2v) is 7.45. The highest BCUT2D eigenvalue weighted by molar-refractivity contribution is 5.90. The summed E-state index contributed by atoms with van der Waals surface area (Å²) in [5, 5.41) is 5.08. The minimum atomic E-state index is -3.03. The zero-order chi connectivity index (χ0) is 16.2. The maximum atomic E-state index is 13.3. The zero-order valence-electron chi connectivity index (χ0n) is 12.8. The molecule has 22 heavy (non-hydrogen) atoms. The van der Waals surface area contributed by atoms with Crippen molar-refractivity contribution >= 4 is 11.8 Å². The van der Waals surface area contributed by atoms with E-state index in [9.17, 15) is 18.4 Å². The normalized spacial score (nSPS) is 28.5. The Bertz CT molecular complexity index is 496. The molecule has 2 atom stereocenters. The minimum Gasteiger partial charge on any atom is -0.344 e. The van der Waals surface area contributed by atoms with Crippen LogP contribution in [-0.4, -0.2) is 29.4 Å². The summed E-state index contributed by atoms with van der Waals surface area (Å²) < 4.78 is 26.6. The van der Waals surface area contributed by atoms with E-state index in [0.29, 0.717) is 12.8 Å². The minimum absolute atomic E-state index is 0.103. The molecule has 0 saturated heterocycles. The van der Waals surface area contributed by atoms with E-state index in [4.69, 9.17) is 5.73 Å². The van der Waals surface area contributed by atoms with E-state index < -0.39 is 30.0 Å². The fourth-order valence-corrected chi connectivity index (χ4v) is 3.33. The first kappa shape index (κ1) is 15.6. The first-order chi connectivity index (χ1) is 10.1. The van der Waals surface area contributed by atoms with Crippen molar-refractivity contribution in [3.05, 3.63) is 0 Å². The van der Waals surface area contributed by atoms with Crippen LogP contribution in [-0.2, 0) is 9.59 Å². The van der Waals surface area contributed by atoms with Gasteiger partial charge in [-0.1, -0.05) is 6.42 Å². The second-order valence-electron chi connectivity index (χ2n) is 7.45. The monoisotopic (exact) mass is 315 g/mol. The number of hydrogen-bond acceptors (Lipinski definition) is 3. The van der Waals surface area contributed by atoms with Crippen molar-refractivity contribution < 1.29 is 18.4 Å². The van der Waals surface area contributed by atoms with Gasteiger partial charge in [-0.05, 0) is 44.4 Å². The third kappa shape index (κ3) is 3.24. The van der Waals surface area contributed by atoms with Gasteiger partial charge in [-0.15, -0.1) is 0 Å². The van der Waals surface area contributed by atoms with Crippen LogP contribution in [0.25, 0.3) is 0 Å². The lowest BCUT2D eigenvalue weighted by Crippen LogP contribution is -2.55. The molecule has 3 aliphatic carbocycles. The van der Waals surface area contributed by atoms with E-state index in [1.54, 1.807) is 0 Å². The number of halogens is 2. The molecule has 7 heteroatoms. The summed E-state index contributed by atoms with van der Waals surface area (Å²) in [6.07, 6.45) is 4.55. The van der Waals surface area contributed by atoms with Crippen molar-refractivity contribution in [1.82, 2.24) is 10.6 Å². The number of nitrogens with one attached hydrogen (secondary N) is 2. The molecule has 3 saturated carbocycles. The van der Waals surface area contributed by atoms with E-state index in [1.165, 1.54) is 0 Å². The number of rotatable bonds is 6. The topological polar surface area (TPSA) is 84.2 Å². The summed E-state index contributed by atoms with van der Waals surface area (Å²) in [6.45, 7) is 0.749. The molecule has 1 spiro atoms. The van der Waals surface area contributed by atoms with Gasteiger partial charge in [0.05, 0.1) is 5.66 Å². The maximum absolute atomic E-state index is 13.3. The average Bonchev–Trinajstić information content (AvgIpc) is 3.20. The summed E-state index contributed by atoms with van der Waals surface area (Å²) in [7, 11) is 0. The molecule has 0 heterocycles. The largest absolute Gasteiger partial charge is 0.344 e. The molecule has 0 aromatic carbocycles. The van der Waals surface area contributed by atoms with Crippen LogP contribution in [0.3, 0.4) is 0 Å². The molecule has 124 valence electrons. The molecule has 0 aliphatic heterocycles. The standard InChI is InChI=1S/C15H23F2N3O2/c1-13(16,17)8-10(12(22)20-15(18)5-6-15)19-11(21)9-7-14(9)3-2-4-14/h9-10H,2-8,18H2,1H3,(H,19,21)(H,20,22)/t9?,10-/m0/s1. The van der Waals surface area contributed by atoms with Gasteiger partial charge < -0.3 is 16.4 Å². The fraction of sp³-hybridized carbons (Fsp3) is 0.867. The van der Waals surface area contributed by atoms with Crippen molar-refractivity contribution in [1.29, 1.82) is 0 Å².